The molecular formula is C13H15F2NO3. The number of carbonyl (C=O) groups excluding carboxylic acids is 1. The van der Waals surface area contributed by atoms with Gasteiger partial charge in [-0.1, -0.05) is 26.3 Å². The van der Waals surface area contributed by atoms with Crippen molar-refractivity contribution in [3.05, 3.63) is 35.4 Å². The fraction of sp³-hybridized carbons (Fsp3) is 0.385. The highest BCUT2D eigenvalue weighted by Crippen LogP contribution is 2.14. The topological polar surface area (TPSA) is 66.4 Å². The van der Waals surface area contributed by atoms with Crippen LogP contribution in [0.1, 0.15) is 30.6 Å². The van der Waals surface area contributed by atoms with Gasteiger partial charge in [-0.3, -0.25) is 4.79 Å². The third-order valence-corrected chi connectivity index (χ3v) is 2.96. The summed E-state index contributed by atoms with van der Waals surface area (Å²) in [6.07, 6.45) is 0.511. The van der Waals surface area contributed by atoms with Gasteiger partial charge in [-0.15, -0.1) is 0 Å². The van der Waals surface area contributed by atoms with Crippen LogP contribution in [0.25, 0.3) is 0 Å². The lowest BCUT2D eigenvalue weighted by molar-refractivity contribution is -0.140. The van der Waals surface area contributed by atoms with Gasteiger partial charge in [0.15, 0.2) is 0 Å². The minimum Gasteiger partial charge on any atom is -0.480 e. The molecule has 1 amide bonds. The summed E-state index contributed by atoms with van der Waals surface area (Å²) in [5, 5.41) is 11.2. The van der Waals surface area contributed by atoms with E-state index >= 15 is 0 Å². The maximum Gasteiger partial charge on any atom is 0.326 e. The zero-order valence-electron chi connectivity index (χ0n) is 10.6. The first-order chi connectivity index (χ1) is 8.88. The molecule has 0 fully saturated rings. The van der Waals surface area contributed by atoms with Gasteiger partial charge in [0.05, 0.1) is 0 Å². The number of aliphatic carboxylic acids is 1. The summed E-state index contributed by atoms with van der Waals surface area (Å²) in [4.78, 5) is 22.8. The summed E-state index contributed by atoms with van der Waals surface area (Å²) in [6, 6.07) is 1.83. The molecule has 0 saturated carbocycles. The first-order valence-corrected chi connectivity index (χ1v) is 5.86. The molecule has 0 radical (unpaired) electrons. The van der Waals surface area contributed by atoms with Crippen LogP contribution < -0.4 is 5.32 Å². The smallest absolute Gasteiger partial charge is 0.326 e. The van der Waals surface area contributed by atoms with E-state index in [9.17, 15) is 18.4 Å². The number of carboxylic acids is 1. The van der Waals surface area contributed by atoms with Crippen molar-refractivity contribution in [3.63, 3.8) is 0 Å². The van der Waals surface area contributed by atoms with E-state index in [-0.39, 0.29) is 5.92 Å². The third-order valence-electron chi connectivity index (χ3n) is 2.96. The van der Waals surface area contributed by atoms with Crippen LogP contribution in [0.4, 0.5) is 8.78 Å². The predicted octanol–water partition coefficient (Wildman–Crippen LogP) is 2.19. The van der Waals surface area contributed by atoms with Gasteiger partial charge < -0.3 is 10.4 Å². The highest BCUT2D eigenvalue weighted by Gasteiger charge is 2.27. The molecule has 1 aromatic carbocycles. The van der Waals surface area contributed by atoms with Crippen molar-refractivity contribution < 1.29 is 23.5 Å². The van der Waals surface area contributed by atoms with Crippen LogP contribution in [0.15, 0.2) is 18.2 Å². The number of nitrogens with one attached hydrogen (secondary N) is 1. The molecule has 1 aromatic rings. The van der Waals surface area contributed by atoms with Crippen molar-refractivity contribution in [1.29, 1.82) is 0 Å². The molecular weight excluding hydrogens is 256 g/mol. The highest BCUT2D eigenvalue weighted by molar-refractivity contribution is 5.97. The lowest BCUT2D eigenvalue weighted by atomic mass is 9.99. The average Bonchev–Trinajstić information content (AvgIpc) is 2.34. The Labute approximate surface area is 109 Å². The number of rotatable bonds is 5. The summed E-state index contributed by atoms with van der Waals surface area (Å²) in [6.45, 7) is 3.40. The monoisotopic (exact) mass is 271 g/mol. The van der Waals surface area contributed by atoms with Crippen LogP contribution in [0.3, 0.4) is 0 Å². The predicted molar refractivity (Wildman–Crippen MR) is 64.7 cm³/mol. The molecule has 2 atom stereocenters. The van der Waals surface area contributed by atoms with E-state index in [0.29, 0.717) is 6.42 Å². The summed E-state index contributed by atoms with van der Waals surface area (Å²) >= 11 is 0. The van der Waals surface area contributed by atoms with E-state index in [1.165, 1.54) is 0 Å². The van der Waals surface area contributed by atoms with Crippen molar-refractivity contribution >= 4 is 11.9 Å². The number of halogens is 2. The highest BCUT2D eigenvalue weighted by atomic mass is 19.1. The van der Waals surface area contributed by atoms with Gasteiger partial charge in [0.2, 0.25) is 0 Å². The maximum absolute atomic E-state index is 13.4. The Hall–Kier alpha value is -1.98. The minimum atomic E-state index is -1.24. The lowest BCUT2D eigenvalue weighted by Crippen LogP contribution is -2.45. The zero-order chi connectivity index (χ0) is 14.6. The Bertz CT molecular complexity index is 471. The summed E-state index contributed by atoms with van der Waals surface area (Å²) in [5.74, 6) is -4.70. The van der Waals surface area contributed by atoms with Gasteiger partial charge >= 0.3 is 5.97 Å². The zero-order valence-corrected chi connectivity index (χ0v) is 10.6. The molecule has 6 heteroatoms. The summed E-state index contributed by atoms with van der Waals surface area (Å²) < 4.78 is 26.8. The van der Waals surface area contributed by atoms with Crippen LogP contribution in [-0.2, 0) is 4.79 Å². The number of hydrogen-bond donors (Lipinski definition) is 2. The van der Waals surface area contributed by atoms with Crippen molar-refractivity contribution in [2.45, 2.75) is 26.3 Å². The number of benzene rings is 1. The van der Waals surface area contributed by atoms with E-state index in [2.05, 4.69) is 5.32 Å². The Morgan fingerprint density at radius 3 is 2.26 bits per heavy atom. The maximum atomic E-state index is 13.4. The second-order valence-corrected chi connectivity index (χ2v) is 4.27. The van der Waals surface area contributed by atoms with Crippen molar-refractivity contribution in [2.75, 3.05) is 0 Å². The number of carbonyl (C=O) groups is 2. The van der Waals surface area contributed by atoms with Gasteiger partial charge in [0.1, 0.15) is 23.2 Å². The molecule has 104 valence electrons. The first-order valence-electron chi connectivity index (χ1n) is 5.86. The van der Waals surface area contributed by atoms with Gasteiger partial charge in [-0.2, -0.15) is 0 Å². The van der Waals surface area contributed by atoms with E-state index in [1.54, 1.807) is 13.8 Å². The SMILES string of the molecule is CCC(C)[C@H](NC(=O)c1c(F)cccc1F)C(=O)O. The van der Waals surface area contributed by atoms with Crippen molar-refractivity contribution in [2.24, 2.45) is 5.92 Å². The molecule has 0 aliphatic heterocycles. The quantitative estimate of drug-likeness (QED) is 0.862. The minimum absolute atomic E-state index is 0.351. The fourth-order valence-corrected chi connectivity index (χ4v) is 1.61. The molecule has 1 rings (SSSR count). The Morgan fingerprint density at radius 1 is 1.32 bits per heavy atom. The van der Waals surface area contributed by atoms with E-state index in [4.69, 9.17) is 5.11 Å². The summed E-state index contributed by atoms with van der Waals surface area (Å²) in [7, 11) is 0. The van der Waals surface area contributed by atoms with E-state index < -0.39 is 35.1 Å². The molecule has 1 unspecified atom stereocenters. The molecule has 0 aliphatic carbocycles. The number of carboxylic acid groups (broad SMARTS) is 1. The Kier molecular flexibility index (Phi) is 4.97. The van der Waals surface area contributed by atoms with E-state index in [1.807, 2.05) is 0 Å². The second-order valence-electron chi connectivity index (χ2n) is 4.27. The second kappa shape index (κ2) is 6.26. The van der Waals surface area contributed by atoms with Crippen molar-refractivity contribution in [3.8, 4) is 0 Å². The molecule has 0 aliphatic rings. The van der Waals surface area contributed by atoms with Gasteiger partial charge in [-0.05, 0) is 18.1 Å². The van der Waals surface area contributed by atoms with Gasteiger partial charge in [0.25, 0.3) is 5.91 Å². The fourth-order valence-electron chi connectivity index (χ4n) is 1.61. The van der Waals surface area contributed by atoms with E-state index in [0.717, 1.165) is 18.2 Å². The largest absolute Gasteiger partial charge is 0.480 e. The molecule has 19 heavy (non-hydrogen) atoms. The standard InChI is InChI=1S/C13H15F2NO3/c1-3-7(2)11(13(18)19)16-12(17)10-8(14)5-4-6-9(10)15/h4-7,11H,3H2,1-2H3,(H,16,17)(H,18,19)/t7?,11-/m0/s1. The molecule has 0 bridgehead atoms. The summed E-state index contributed by atoms with van der Waals surface area (Å²) in [5.41, 5.74) is -0.767. The molecule has 0 heterocycles. The third kappa shape index (κ3) is 3.49. The lowest BCUT2D eigenvalue weighted by Gasteiger charge is -2.20. The van der Waals surface area contributed by atoms with Crippen LogP contribution >= 0.6 is 0 Å². The van der Waals surface area contributed by atoms with Gasteiger partial charge in [-0.25, -0.2) is 13.6 Å². The number of hydrogen-bond acceptors (Lipinski definition) is 2. The molecule has 0 aromatic heterocycles. The first kappa shape index (κ1) is 15.1. The van der Waals surface area contributed by atoms with Crippen molar-refractivity contribution in [1.82, 2.24) is 5.32 Å². The van der Waals surface area contributed by atoms with Gasteiger partial charge in [0, 0.05) is 0 Å². The van der Waals surface area contributed by atoms with Crippen LogP contribution in [0, 0.1) is 17.6 Å². The number of amides is 1. The van der Waals surface area contributed by atoms with Crippen LogP contribution in [-0.4, -0.2) is 23.0 Å². The van der Waals surface area contributed by atoms with Crippen LogP contribution in [0.5, 0.6) is 0 Å². The molecule has 0 saturated heterocycles. The molecule has 0 spiro atoms. The Balaban J connectivity index is 2.98. The molecule has 4 nitrogen and oxygen atoms in total. The normalized spacial score (nSPS) is 13.7. The Morgan fingerprint density at radius 2 is 1.84 bits per heavy atom. The molecule has 2 N–H and O–H groups in total. The average molecular weight is 271 g/mol. The van der Waals surface area contributed by atoms with Crippen LogP contribution in [0.2, 0.25) is 0 Å².